The lowest BCUT2D eigenvalue weighted by molar-refractivity contribution is 0.387. The van der Waals surface area contributed by atoms with Gasteiger partial charge in [-0.3, -0.25) is 0 Å². The molecule has 0 radical (unpaired) electrons. The summed E-state index contributed by atoms with van der Waals surface area (Å²) in [5.41, 5.74) is 7.31. The van der Waals surface area contributed by atoms with Gasteiger partial charge < -0.3 is 11.1 Å². The first-order chi connectivity index (χ1) is 6.80. The molecular formula is C13H26N2. The molecule has 0 heterocycles. The van der Waals surface area contributed by atoms with Crippen LogP contribution in [0.1, 0.15) is 53.4 Å². The Morgan fingerprint density at radius 1 is 1.07 bits per heavy atom. The van der Waals surface area contributed by atoms with Crippen molar-refractivity contribution in [3.8, 4) is 0 Å². The third kappa shape index (κ3) is 1.72. The van der Waals surface area contributed by atoms with Crippen molar-refractivity contribution in [2.45, 2.75) is 65.0 Å². The van der Waals surface area contributed by atoms with Crippen molar-refractivity contribution in [1.82, 2.24) is 5.32 Å². The van der Waals surface area contributed by atoms with Crippen LogP contribution >= 0.6 is 0 Å². The normalized spacial score (nSPS) is 31.8. The zero-order chi connectivity index (χ0) is 11.3. The Hall–Kier alpha value is -0.0800. The number of hydrogen-bond acceptors (Lipinski definition) is 2. The number of nitrogens with two attached hydrogens (primary N) is 1. The quantitative estimate of drug-likeness (QED) is 0.750. The fourth-order valence-electron chi connectivity index (χ4n) is 3.27. The molecule has 2 aliphatic carbocycles. The van der Waals surface area contributed by atoms with E-state index in [1.165, 1.54) is 25.7 Å². The molecule has 2 nitrogen and oxygen atoms in total. The molecule has 0 aromatic heterocycles. The highest BCUT2D eigenvalue weighted by Gasteiger charge is 2.64. The highest BCUT2D eigenvalue weighted by Crippen LogP contribution is 2.62. The van der Waals surface area contributed by atoms with Crippen molar-refractivity contribution in [3.05, 3.63) is 0 Å². The summed E-state index contributed by atoms with van der Waals surface area (Å²) >= 11 is 0. The Morgan fingerprint density at radius 3 is 1.93 bits per heavy atom. The SMILES string of the molecule is CC1(C)C(NCC2(N)CCCC2)C1(C)C. The fourth-order valence-corrected chi connectivity index (χ4v) is 3.27. The standard InChI is InChI=1S/C13H26N2/c1-11(2)10(12(11,3)4)15-9-13(14)7-5-6-8-13/h10,15H,5-9,14H2,1-4H3. The molecule has 0 aromatic carbocycles. The van der Waals surface area contributed by atoms with E-state index in [0.29, 0.717) is 16.9 Å². The van der Waals surface area contributed by atoms with Crippen molar-refractivity contribution in [3.63, 3.8) is 0 Å². The van der Waals surface area contributed by atoms with Gasteiger partial charge in [0.25, 0.3) is 0 Å². The molecule has 0 aliphatic heterocycles. The second-order valence-corrected chi connectivity index (χ2v) is 6.83. The number of hydrogen-bond donors (Lipinski definition) is 2. The molecule has 2 saturated carbocycles. The molecule has 15 heavy (non-hydrogen) atoms. The Bertz CT molecular complexity index is 235. The van der Waals surface area contributed by atoms with E-state index in [4.69, 9.17) is 5.73 Å². The van der Waals surface area contributed by atoms with Crippen LogP contribution in [0.3, 0.4) is 0 Å². The highest BCUT2D eigenvalue weighted by atomic mass is 15.1. The van der Waals surface area contributed by atoms with Gasteiger partial charge in [0.1, 0.15) is 0 Å². The Kier molecular flexibility index (Phi) is 2.44. The number of nitrogens with one attached hydrogen (secondary N) is 1. The van der Waals surface area contributed by atoms with Crippen LogP contribution in [0.2, 0.25) is 0 Å². The predicted molar refractivity (Wildman–Crippen MR) is 64.7 cm³/mol. The van der Waals surface area contributed by atoms with Crippen molar-refractivity contribution in [2.75, 3.05) is 6.54 Å². The molecule has 2 heteroatoms. The fraction of sp³-hybridized carbons (Fsp3) is 1.00. The minimum atomic E-state index is 0.0920. The maximum absolute atomic E-state index is 6.35. The average Bonchev–Trinajstić information content (AvgIpc) is 2.51. The van der Waals surface area contributed by atoms with E-state index >= 15 is 0 Å². The Balaban J connectivity index is 1.85. The summed E-state index contributed by atoms with van der Waals surface area (Å²) < 4.78 is 0. The monoisotopic (exact) mass is 210 g/mol. The van der Waals surface area contributed by atoms with Gasteiger partial charge in [-0.2, -0.15) is 0 Å². The van der Waals surface area contributed by atoms with Crippen molar-refractivity contribution in [1.29, 1.82) is 0 Å². The minimum absolute atomic E-state index is 0.0920. The molecule has 0 saturated heterocycles. The smallest absolute Gasteiger partial charge is 0.0280 e. The molecule has 0 amide bonds. The van der Waals surface area contributed by atoms with Crippen LogP contribution in [0, 0.1) is 10.8 Å². The van der Waals surface area contributed by atoms with Gasteiger partial charge in [0.05, 0.1) is 0 Å². The van der Waals surface area contributed by atoms with Crippen LogP contribution in [0.4, 0.5) is 0 Å². The lowest BCUT2D eigenvalue weighted by atomic mass is 9.99. The molecule has 2 rings (SSSR count). The molecule has 0 bridgehead atoms. The van der Waals surface area contributed by atoms with Gasteiger partial charge in [-0.15, -0.1) is 0 Å². The van der Waals surface area contributed by atoms with E-state index in [1.54, 1.807) is 0 Å². The van der Waals surface area contributed by atoms with Gasteiger partial charge in [-0.25, -0.2) is 0 Å². The summed E-state index contributed by atoms with van der Waals surface area (Å²) in [7, 11) is 0. The summed E-state index contributed by atoms with van der Waals surface area (Å²) in [5.74, 6) is 0. The van der Waals surface area contributed by atoms with E-state index in [0.717, 1.165) is 6.54 Å². The summed E-state index contributed by atoms with van der Waals surface area (Å²) in [6.07, 6.45) is 5.03. The largest absolute Gasteiger partial charge is 0.324 e. The van der Waals surface area contributed by atoms with E-state index in [-0.39, 0.29) is 5.54 Å². The molecule has 3 N–H and O–H groups in total. The van der Waals surface area contributed by atoms with Gasteiger partial charge in [0.15, 0.2) is 0 Å². The van der Waals surface area contributed by atoms with Gasteiger partial charge in [-0.05, 0) is 23.7 Å². The summed E-state index contributed by atoms with van der Waals surface area (Å²) in [5, 5.41) is 3.69. The van der Waals surface area contributed by atoms with E-state index in [1.807, 2.05) is 0 Å². The van der Waals surface area contributed by atoms with E-state index in [2.05, 4.69) is 33.0 Å². The zero-order valence-electron chi connectivity index (χ0n) is 10.7. The van der Waals surface area contributed by atoms with Crippen molar-refractivity contribution in [2.24, 2.45) is 16.6 Å². The lowest BCUT2D eigenvalue weighted by Crippen LogP contribution is -2.47. The Morgan fingerprint density at radius 2 is 1.53 bits per heavy atom. The maximum atomic E-state index is 6.35. The summed E-state index contributed by atoms with van der Waals surface area (Å²) in [6.45, 7) is 10.4. The third-order valence-electron chi connectivity index (χ3n) is 5.28. The van der Waals surface area contributed by atoms with Gasteiger partial charge in [0, 0.05) is 18.1 Å². The maximum Gasteiger partial charge on any atom is 0.0280 e. The first-order valence-corrected chi connectivity index (χ1v) is 6.32. The first kappa shape index (κ1) is 11.4. The zero-order valence-corrected chi connectivity index (χ0v) is 10.7. The topological polar surface area (TPSA) is 38.0 Å². The highest BCUT2D eigenvalue weighted by molar-refractivity contribution is 5.18. The molecule has 0 atom stereocenters. The van der Waals surface area contributed by atoms with Crippen molar-refractivity contribution < 1.29 is 0 Å². The van der Waals surface area contributed by atoms with E-state index in [9.17, 15) is 0 Å². The summed E-state index contributed by atoms with van der Waals surface area (Å²) in [4.78, 5) is 0. The molecule has 2 fully saturated rings. The molecule has 0 unspecified atom stereocenters. The second-order valence-electron chi connectivity index (χ2n) is 6.83. The lowest BCUT2D eigenvalue weighted by Gasteiger charge is -2.24. The van der Waals surface area contributed by atoms with Crippen LogP contribution in [-0.4, -0.2) is 18.1 Å². The van der Waals surface area contributed by atoms with Crippen LogP contribution in [0.15, 0.2) is 0 Å². The molecule has 88 valence electrons. The average molecular weight is 210 g/mol. The third-order valence-corrected chi connectivity index (χ3v) is 5.28. The predicted octanol–water partition coefficient (Wildman–Crippen LogP) is 2.28. The Labute approximate surface area is 94.0 Å². The van der Waals surface area contributed by atoms with Gasteiger partial charge in [-0.1, -0.05) is 40.5 Å². The van der Waals surface area contributed by atoms with E-state index < -0.39 is 0 Å². The molecular weight excluding hydrogens is 184 g/mol. The minimum Gasteiger partial charge on any atom is -0.324 e. The van der Waals surface area contributed by atoms with Crippen molar-refractivity contribution >= 4 is 0 Å². The van der Waals surface area contributed by atoms with Gasteiger partial charge >= 0.3 is 0 Å². The molecule has 0 spiro atoms. The van der Waals surface area contributed by atoms with Crippen LogP contribution in [0.5, 0.6) is 0 Å². The first-order valence-electron chi connectivity index (χ1n) is 6.32. The van der Waals surface area contributed by atoms with Crippen LogP contribution in [0.25, 0.3) is 0 Å². The molecule has 2 aliphatic rings. The van der Waals surface area contributed by atoms with Gasteiger partial charge in [0.2, 0.25) is 0 Å². The van der Waals surface area contributed by atoms with Crippen LogP contribution in [-0.2, 0) is 0 Å². The molecule has 0 aromatic rings. The van der Waals surface area contributed by atoms with Crippen LogP contribution < -0.4 is 11.1 Å². The summed E-state index contributed by atoms with van der Waals surface area (Å²) in [6, 6.07) is 0.644. The second kappa shape index (κ2) is 3.21. The number of rotatable bonds is 3.